The SMILES string of the molecule is CC(=O)OC(C)C1CCC2C3C=CC4=CC(=O)CCC4(C)C3C(CC(=O)O)CC12C. The second-order valence-electron chi connectivity index (χ2n) is 10.6. The van der Waals surface area contributed by atoms with Crippen LogP contribution in [0.5, 0.6) is 0 Å². The van der Waals surface area contributed by atoms with Crippen molar-refractivity contribution in [1.82, 2.24) is 0 Å². The molecule has 4 aliphatic rings. The molecular formula is C25H34O5. The second kappa shape index (κ2) is 7.35. The summed E-state index contributed by atoms with van der Waals surface area (Å²) in [6.45, 7) is 7.99. The van der Waals surface area contributed by atoms with E-state index in [4.69, 9.17) is 4.74 Å². The van der Waals surface area contributed by atoms with Gasteiger partial charge in [0.25, 0.3) is 0 Å². The molecule has 8 unspecified atom stereocenters. The fourth-order valence-electron chi connectivity index (χ4n) is 7.97. The smallest absolute Gasteiger partial charge is 0.303 e. The highest BCUT2D eigenvalue weighted by Crippen LogP contribution is 2.67. The Bertz CT molecular complexity index is 825. The van der Waals surface area contributed by atoms with Gasteiger partial charge in [0.15, 0.2) is 5.78 Å². The summed E-state index contributed by atoms with van der Waals surface area (Å²) in [5.74, 6) is 0.452. The molecule has 4 aliphatic carbocycles. The summed E-state index contributed by atoms with van der Waals surface area (Å²) in [5.41, 5.74) is 0.888. The maximum absolute atomic E-state index is 12.1. The van der Waals surface area contributed by atoms with Crippen molar-refractivity contribution < 1.29 is 24.2 Å². The van der Waals surface area contributed by atoms with E-state index in [1.807, 2.05) is 6.92 Å². The number of allylic oxidation sites excluding steroid dienone is 4. The Morgan fingerprint density at radius 2 is 2.03 bits per heavy atom. The van der Waals surface area contributed by atoms with E-state index < -0.39 is 5.97 Å². The van der Waals surface area contributed by atoms with E-state index in [1.54, 1.807) is 6.08 Å². The number of carbonyl (C=O) groups excluding carboxylic acids is 2. The summed E-state index contributed by atoms with van der Waals surface area (Å²) in [6, 6.07) is 0. The highest BCUT2D eigenvalue weighted by Gasteiger charge is 2.62. The fraction of sp³-hybridized carbons (Fsp3) is 0.720. The maximum atomic E-state index is 12.1. The first-order valence-corrected chi connectivity index (χ1v) is 11.4. The third kappa shape index (κ3) is 3.25. The van der Waals surface area contributed by atoms with Gasteiger partial charge in [0.2, 0.25) is 0 Å². The Labute approximate surface area is 178 Å². The molecule has 0 radical (unpaired) electrons. The van der Waals surface area contributed by atoms with Gasteiger partial charge in [0, 0.05) is 25.7 Å². The summed E-state index contributed by atoms with van der Waals surface area (Å²) in [4.78, 5) is 35.5. The van der Waals surface area contributed by atoms with Crippen molar-refractivity contribution >= 4 is 17.7 Å². The van der Waals surface area contributed by atoms with Crippen LogP contribution >= 0.6 is 0 Å². The summed E-state index contributed by atoms with van der Waals surface area (Å²) >= 11 is 0. The van der Waals surface area contributed by atoms with Crippen molar-refractivity contribution in [2.45, 2.75) is 72.3 Å². The third-order valence-corrected chi connectivity index (χ3v) is 9.03. The number of carboxylic acids is 1. The van der Waals surface area contributed by atoms with Gasteiger partial charge in [-0.05, 0) is 78.8 Å². The lowest BCUT2D eigenvalue weighted by Crippen LogP contribution is -2.54. The first-order valence-electron chi connectivity index (χ1n) is 11.4. The maximum Gasteiger partial charge on any atom is 0.303 e. The minimum atomic E-state index is -0.751. The summed E-state index contributed by atoms with van der Waals surface area (Å²) < 4.78 is 5.60. The van der Waals surface area contributed by atoms with E-state index in [0.29, 0.717) is 18.3 Å². The molecule has 2 saturated carbocycles. The van der Waals surface area contributed by atoms with E-state index in [-0.39, 0.29) is 52.9 Å². The molecule has 0 aliphatic heterocycles. The monoisotopic (exact) mass is 414 g/mol. The number of ether oxygens (including phenoxy) is 1. The zero-order valence-electron chi connectivity index (χ0n) is 18.5. The van der Waals surface area contributed by atoms with Crippen LogP contribution in [0.15, 0.2) is 23.8 Å². The minimum absolute atomic E-state index is 0.0467. The van der Waals surface area contributed by atoms with Gasteiger partial charge in [0.05, 0.1) is 0 Å². The molecule has 0 amide bonds. The lowest BCUT2D eigenvalue weighted by Gasteiger charge is -2.59. The number of aliphatic carboxylic acids is 1. The average molecular weight is 415 g/mol. The molecule has 0 aromatic rings. The van der Waals surface area contributed by atoms with Crippen LogP contribution in [-0.2, 0) is 19.1 Å². The molecule has 4 rings (SSSR count). The average Bonchev–Trinajstić information content (AvgIpc) is 2.97. The lowest BCUT2D eigenvalue weighted by molar-refractivity contribution is -0.154. The molecule has 0 aromatic heterocycles. The van der Waals surface area contributed by atoms with E-state index in [9.17, 15) is 19.5 Å². The molecule has 5 heteroatoms. The molecule has 0 aromatic carbocycles. The fourth-order valence-corrected chi connectivity index (χ4v) is 7.97. The van der Waals surface area contributed by atoms with Gasteiger partial charge in [-0.2, -0.15) is 0 Å². The first kappa shape index (κ1) is 21.3. The largest absolute Gasteiger partial charge is 0.481 e. The van der Waals surface area contributed by atoms with Gasteiger partial charge in [-0.1, -0.05) is 26.0 Å². The number of carboxylic acid groups (broad SMARTS) is 1. The molecule has 2 fully saturated rings. The Hall–Kier alpha value is -1.91. The highest BCUT2D eigenvalue weighted by molar-refractivity contribution is 5.92. The Morgan fingerprint density at radius 3 is 2.70 bits per heavy atom. The van der Waals surface area contributed by atoms with Crippen molar-refractivity contribution in [3.8, 4) is 0 Å². The highest BCUT2D eigenvalue weighted by atomic mass is 16.5. The zero-order valence-corrected chi connectivity index (χ0v) is 18.5. The van der Waals surface area contributed by atoms with Crippen LogP contribution in [0.1, 0.15) is 66.2 Å². The number of esters is 1. The van der Waals surface area contributed by atoms with Gasteiger partial charge in [-0.3, -0.25) is 14.4 Å². The normalized spacial score (nSPS) is 43.1. The van der Waals surface area contributed by atoms with Crippen molar-refractivity contribution in [1.29, 1.82) is 0 Å². The molecule has 5 nitrogen and oxygen atoms in total. The molecule has 0 bridgehead atoms. The predicted octanol–water partition coefficient (Wildman–Crippen LogP) is 4.56. The predicted molar refractivity (Wildman–Crippen MR) is 112 cm³/mol. The summed E-state index contributed by atoms with van der Waals surface area (Å²) in [7, 11) is 0. The number of ketones is 1. The minimum Gasteiger partial charge on any atom is -0.481 e. The third-order valence-electron chi connectivity index (χ3n) is 9.03. The molecule has 1 N–H and O–H groups in total. The first-order chi connectivity index (χ1) is 14.1. The quantitative estimate of drug-likeness (QED) is 0.682. The molecule has 30 heavy (non-hydrogen) atoms. The Balaban J connectivity index is 1.75. The van der Waals surface area contributed by atoms with E-state index in [2.05, 4.69) is 26.0 Å². The number of carbonyl (C=O) groups is 3. The van der Waals surface area contributed by atoms with Gasteiger partial charge < -0.3 is 9.84 Å². The van der Waals surface area contributed by atoms with Crippen LogP contribution in [0.2, 0.25) is 0 Å². The summed E-state index contributed by atoms with van der Waals surface area (Å²) in [6.07, 6.45) is 10.5. The molecule has 0 saturated heterocycles. The van der Waals surface area contributed by atoms with Crippen molar-refractivity contribution in [3.63, 3.8) is 0 Å². The van der Waals surface area contributed by atoms with Crippen LogP contribution in [0, 0.1) is 40.4 Å². The van der Waals surface area contributed by atoms with Crippen molar-refractivity contribution in [2.75, 3.05) is 0 Å². The number of hydrogen-bond acceptors (Lipinski definition) is 4. The van der Waals surface area contributed by atoms with Crippen LogP contribution < -0.4 is 0 Å². The molecular weight excluding hydrogens is 380 g/mol. The van der Waals surface area contributed by atoms with Crippen LogP contribution in [0.3, 0.4) is 0 Å². The Morgan fingerprint density at radius 1 is 1.30 bits per heavy atom. The molecule has 8 atom stereocenters. The topological polar surface area (TPSA) is 80.7 Å². The number of fused-ring (bicyclic) bond motifs is 5. The van der Waals surface area contributed by atoms with Crippen LogP contribution in [-0.4, -0.2) is 28.9 Å². The van der Waals surface area contributed by atoms with E-state index in [1.165, 1.54) is 6.92 Å². The Kier molecular flexibility index (Phi) is 5.22. The summed E-state index contributed by atoms with van der Waals surface area (Å²) in [5, 5.41) is 9.74. The standard InChI is InChI=1S/C25H34O5/c1-14(30-15(2)26)20-7-8-21-19-6-5-17-12-18(27)9-10-24(17,3)23(19)16(11-22(28)29)13-25(20,21)4/h5-6,12,14,16,19-21,23H,7-11,13H2,1-4H3,(H,28,29). The number of hydrogen-bond donors (Lipinski definition) is 1. The van der Waals surface area contributed by atoms with E-state index >= 15 is 0 Å². The lowest BCUT2D eigenvalue weighted by atomic mass is 9.45. The van der Waals surface area contributed by atoms with Crippen molar-refractivity contribution in [3.05, 3.63) is 23.8 Å². The number of rotatable bonds is 4. The molecule has 0 heterocycles. The van der Waals surface area contributed by atoms with Crippen LogP contribution in [0.25, 0.3) is 0 Å². The molecule has 0 spiro atoms. The van der Waals surface area contributed by atoms with Gasteiger partial charge in [-0.25, -0.2) is 0 Å². The second-order valence-corrected chi connectivity index (χ2v) is 10.6. The van der Waals surface area contributed by atoms with Gasteiger partial charge >= 0.3 is 11.9 Å². The van der Waals surface area contributed by atoms with Gasteiger partial charge in [-0.15, -0.1) is 0 Å². The van der Waals surface area contributed by atoms with Gasteiger partial charge in [0.1, 0.15) is 6.10 Å². The van der Waals surface area contributed by atoms with E-state index in [0.717, 1.165) is 31.3 Å². The molecule has 164 valence electrons. The van der Waals surface area contributed by atoms with Crippen molar-refractivity contribution in [2.24, 2.45) is 40.4 Å². The van der Waals surface area contributed by atoms with Crippen LogP contribution in [0.4, 0.5) is 0 Å². The zero-order chi connectivity index (χ0) is 21.8.